The number of rotatable bonds is 3. The summed E-state index contributed by atoms with van der Waals surface area (Å²) in [6, 6.07) is 9.60. The van der Waals surface area contributed by atoms with Crippen molar-refractivity contribution in [1.29, 1.82) is 0 Å². The number of hydrogen-bond donors (Lipinski definition) is 2. The summed E-state index contributed by atoms with van der Waals surface area (Å²) in [5.41, 5.74) is 3.47. The smallest absolute Gasteiger partial charge is 0.250 e. The van der Waals surface area contributed by atoms with Gasteiger partial charge in [-0.15, -0.1) is 11.8 Å². The van der Waals surface area contributed by atoms with Crippen LogP contribution in [-0.4, -0.2) is 32.9 Å². The lowest BCUT2D eigenvalue weighted by Crippen LogP contribution is -2.26. The van der Waals surface area contributed by atoms with Crippen molar-refractivity contribution in [2.24, 2.45) is 4.99 Å². The molecule has 1 amide bonds. The van der Waals surface area contributed by atoms with Crippen molar-refractivity contribution in [3.8, 4) is 0 Å². The number of benzene rings is 1. The minimum absolute atomic E-state index is 0.0824. The predicted molar refractivity (Wildman–Crippen MR) is 85.9 cm³/mol. The molecule has 1 atom stereocenters. The number of nitrogens with zero attached hydrogens (tertiary/aromatic N) is 2. The van der Waals surface area contributed by atoms with Crippen molar-refractivity contribution in [2.75, 3.05) is 11.1 Å². The van der Waals surface area contributed by atoms with Crippen LogP contribution in [0.4, 0.5) is 5.69 Å². The molecule has 0 saturated heterocycles. The molecule has 2 aromatic rings. The number of aromatic nitrogens is 2. The number of anilines is 1. The highest BCUT2D eigenvalue weighted by Crippen LogP contribution is 2.25. The van der Waals surface area contributed by atoms with Gasteiger partial charge in [-0.3, -0.25) is 14.9 Å². The maximum Gasteiger partial charge on any atom is 0.250 e. The highest BCUT2D eigenvalue weighted by atomic mass is 32.2. The summed E-state index contributed by atoms with van der Waals surface area (Å²) in [6.45, 7) is 3.75. The molecular formula is C15H16N4OS. The van der Waals surface area contributed by atoms with Gasteiger partial charge in [0.05, 0.1) is 22.1 Å². The van der Waals surface area contributed by atoms with Crippen LogP contribution in [0.15, 0.2) is 35.3 Å². The quantitative estimate of drug-likeness (QED) is 0.915. The van der Waals surface area contributed by atoms with Crippen LogP contribution in [0, 0.1) is 13.8 Å². The monoisotopic (exact) mass is 300 g/mol. The van der Waals surface area contributed by atoms with Crippen molar-refractivity contribution in [2.45, 2.75) is 19.9 Å². The zero-order valence-electron chi connectivity index (χ0n) is 11.9. The van der Waals surface area contributed by atoms with Gasteiger partial charge < -0.3 is 5.32 Å². The summed E-state index contributed by atoms with van der Waals surface area (Å²) in [7, 11) is 0. The molecule has 2 N–H and O–H groups in total. The van der Waals surface area contributed by atoms with Crippen molar-refractivity contribution < 1.29 is 4.79 Å². The highest BCUT2D eigenvalue weighted by Gasteiger charge is 2.26. The number of aliphatic imine (C=N–C) groups is 1. The maximum atomic E-state index is 12.3. The second-order valence-electron chi connectivity index (χ2n) is 4.93. The number of H-pyrrole nitrogens is 1. The number of aromatic amines is 1. The molecule has 1 aromatic heterocycles. The summed E-state index contributed by atoms with van der Waals surface area (Å²) >= 11 is 1.62. The van der Waals surface area contributed by atoms with Gasteiger partial charge in [0.1, 0.15) is 6.04 Å². The van der Waals surface area contributed by atoms with Gasteiger partial charge in [-0.1, -0.05) is 30.3 Å². The van der Waals surface area contributed by atoms with Crippen molar-refractivity contribution in [3.63, 3.8) is 0 Å². The zero-order valence-corrected chi connectivity index (χ0v) is 12.7. The van der Waals surface area contributed by atoms with Crippen LogP contribution in [0.3, 0.4) is 0 Å². The largest absolute Gasteiger partial charge is 0.321 e. The van der Waals surface area contributed by atoms with Crippen LogP contribution in [0.2, 0.25) is 0 Å². The third kappa shape index (κ3) is 2.85. The standard InChI is InChI=1S/C15H16N4OS/c1-9-13(10(2)19-18-9)17-14(20)12-8-21-15(16-12)11-6-4-3-5-7-11/h3-7,12H,8H2,1-2H3,(H,17,20)(H,18,19). The van der Waals surface area contributed by atoms with Crippen LogP contribution in [0.25, 0.3) is 0 Å². The molecule has 1 aliphatic rings. The number of carbonyl (C=O) groups excluding carboxylic acids is 1. The van der Waals surface area contributed by atoms with Crippen LogP contribution in [-0.2, 0) is 4.79 Å². The van der Waals surface area contributed by atoms with E-state index < -0.39 is 0 Å². The number of hydrogen-bond acceptors (Lipinski definition) is 4. The fourth-order valence-corrected chi connectivity index (χ4v) is 3.23. The zero-order chi connectivity index (χ0) is 14.8. The van der Waals surface area contributed by atoms with Crippen LogP contribution in [0.5, 0.6) is 0 Å². The summed E-state index contributed by atoms with van der Waals surface area (Å²) in [5.74, 6) is 0.590. The fourth-order valence-electron chi connectivity index (χ4n) is 2.19. The van der Waals surface area contributed by atoms with E-state index in [1.165, 1.54) is 0 Å². The molecule has 0 fully saturated rings. The molecule has 0 radical (unpaired) electrons. The van der Waals surface area contributed by atoms with Gasteiger partial charge in [-0.25, -0.2) is 0 Å². The minimum Gasteiger partial charge on any atom is -0.321 e. The van der Waals surface area contributed by atoms with E-state index in [1.54, 1.807) is 11.8 Å². The van der Waals surface area contributed by atoms with Gasteiger partial charge in [0, 0.05) is 11.3 Å². The summed E-state index contributed by atoms with van der Waals surface area (Å²) in [5, 5.41) is 10.8. The lowest BCUT2D eigenvalue weighted by Gasteiger charge is -2.07. The fraction of sp³-hybridized carbons (Fsp3) is 0.267. The lowest BCUT2D eigenvalue weighted by molar-refractivity contribution is -0.116. The van der Waals surface area contributed by atoms with E-state index in [9.17, 15) is 4.79 Å². The summed E-state index contributed by atoms with van der Waals surface area (Å²) in [4.78, 5) is 16.9. The normalized spacial score (nSPS) is 17.6. The van der Waals surface area contributed by atoms with Crippen molar-refractivity contribution in [1.82, 2.24) is 10.2 Å². The Morgan fingerprint density at radius 1 is 1.33 bits per heavy atom. The summed E-state index contributed by atoms with van der Waals surface area (Å²) in [6.07, 6.45) is 0. The van der Waals surface area contributed by atoms with Crippen LogP contribution in [0.1, 0.15) is 17.0 Å². The Bertz CT molecular complexity index is 673. The molecule has 0 saturated carbocycles. The Morgan fingerprint density at radius 2 is 2.10 bits per heavy atom. The second-order valence-corrected chi connectivity index (χ2v) is 5.93. The Labute approximate surface area is 127 Å². The number of nitrogens with one attached hydrogen (secondary N) is 2. The Kier molecular flexibility index (Phi) is 3.79. The first-order valence-corrected chi connectivity index (χ1v) is 7.72. The van der Waals surface area contributed by atoms with Gasteiger partial charge >= 0.3 is 0 Å². The van der Waals surface area contributed by atoms with E-state index in [2.05, 4.69) is 20.5 Å². The average Bonchev–Trinajstić information content (AvgIpc) is 3.11. The number of amides is 1. The first-order chi connectivity index (χ1) is 10.1. The van der Waals surface area contributed by atoms with Crippen LogP contribution < -0.4 is 5.32 Å². The SMILES string of the molecule is Cc1n[nH]c(C)c1NC(=O)C1CSC(c2ccccc2)=N1. The second kappa shape index (κ2) is 5.73. The molecule has 108 valence electrons. The first kappa shape index (κ1) is 13.9. The molecule has 0 spiro atoms. The molecule has 0 aliphatic carbocycles. The van der Waals surface area contributed by atoms with E-state index in [0.717, 1.165) is 27.7 Å². The third-order valence-corrected chi connectivity index (χ3v) is 4.45. The van der Waals surface area contributed by atoms with Gasteiger partial charge in [0.2, 0.25) is 5.91 Å². The molecule has 5 nitrogen and oxygen atoms in total. The lowest BCUT2D eigenvalue weighted by atomic mass is 10.2. The topological polar surface area (TPSA) is 70.1 Å². The number of aryl methyl sites for hydroxylation is 2. The molecule has 6 heteroatoms. The van der Waals surface area contributed by atoms with Crippen molar-refractivity contribution in [3.05, 3.63) is 47.3 Å². The number of thioether (sulfide) groups is 1. The van der Waals surface area contributed by atoms with Gasteiger partial charge in [-0.2, -0.15) is 5.10 Å². The molecule has 1 aromatic carbocycles. The Balaban J connectivity index is 1.74. The Hall–Kier alpha value is -2.08. The molecule has 21 heavy (non-hydrogen) atoms. The molecule has 2 heterocycles. The molecule has 1 unspecified atom stereocenters. The molecule has 0 bridgehead atoms. The van der Waals surface area contributed by atoms with E-state index in [1.807, 2.05) is 44.2 Å². The summed E-state index contributed by atoms with van der Waals surface area (Å²) < 4.78 is 0. The maximum absolute atomic E-state index is 12.3. The number of carbonyl (C=O) groups is 1. The third-order valence-electron chi connectivity index (χ3n) is 3.35. The highest BCUT2D eigenvalue weighted by molar-refractivity contribution is 8.14. The van der Waals surface area contributed by atoms with E-state index in [0.29, 0.717) is 5.75 Å². The predicted octanol–water partition coefficient (Wildman–Crippen LogP) is 2.53. The average molecular weight is 300 g/mol. The van der Waals surface area contributed by atoms with Gasteiger partial charge in [0.15, 0.2) is 0 Å². The van der Waals surface area contributed by atoms with Gasteiger partial charge in [-0.05, 0) is 13.8 Å². The molecular weight excluding hydrogens is 284 g/mol. The molecule has 1 aliphatic heterocycles. The first-order valence-electron chi connectivity index (χ1n) is 6.73. The van der Waals surface area contributed by atoms with Crippen molar-refractivity contribution >= 4 is 28.4 Å². The van der Waals surface area contributed by atoms with Crippen LogP contribution >= 0.6 is 11.8 Å². The minimum atomic E-state index is -0.348. The van der Waals surface area contributed by atoms with E-state index in [-0.39, 0.29) is 11.9 Å². The molecule has 3 rings (SSSR count). The Morgan fingerprint density at radius 3 is 2.76 bits per heavy atom. The van der Waals surface area contributed by atoms with E-state index >= 15 is 0 Å². The van der Waals surface area contributed by atoms with E-state index in [4.69, 9.17) is 0 Å². The van der Waals surface area contributed by atoms with Gasteiger partial charge in [0.25, 0.3) is 0 Å².